The molecule has 0 fully saturated rings. The maximum Gasteiger partial charge on any atom is 0.222 e. The van der Waals surface area contributed by atoms with Crippen molar-refractivity contribution in [2.75, 3.05) is 20.6 Å². The molecule has 1 rings (SSSR count). The van der Waals surface area contributed by atoms with Crippen molar-refractivity contribution in [3.05, 3.63) is 15.6 Å². The number of hydrogen-bond acceptors (Lipinski definition) is 4. The van der Waals surface area contributed by atoms with Crippen LogP contribution in [-0.2, 0) is 11.2 Å². The Morgan fingerprint density at radius 3 is 2.74 bits per heavy atom. The van der Waals surface area contributed by atoms with Crippen LogP contribution in [0.25, 0.3) is 0 Å². The van der Waals surface area contributed by atoms with Crippen LogP contribution in [0.1, 0.15) is 48.3 Å². The van der Waals surface area contributed by atoms with Gasteiger partial charge in [-0.05, 0) is 40.3 Å². The molecule has 19 heavy (non-hydrogen) atoms. The van der Waals surface area contributed by atoms with Crippen LogP contribution in [-0.4, -0.2) is 36.4 Å². The number of carbonyl (C=O) groups is 1. The zero-order valence-corrected chi connectivity index (χ0v) is 13.4. The van der Waals surface area contributed by atoms with Crippen LogP contribution in [0.3, 0.4) is 0 Å². The highest BCUT2D eigenvalue weighted by Crippen LogP contribution is 2.29. The fourth-order valence-corrected chi connectivity index (χ4v) is 3.09. The molecule has 1 N–H and O–H groups in total. The first-order valence-electron chi connectivity index (χ1n) is 6.87. The maximum absolute atomic E-state index is 12.1. The van der Waals surface area contributed by atoms with Gasteiger partial charge in [0.05, 0.1) is 16.7 Å². The normalized spacial score (nSPS) is 12.5. The zero-order valence-electron chi connectivity index (χ0n) is 12.6. The number of nitrogens with one attached hydrogen (secondary N) is 1. The molecule has 1 heterocycles. The van der Waals surface area contributed by atoms with Gasteiger partial charge in [0.1, 0.15) is 0 Å². The summed E-state index contributed by atoms with van der Waals surface area (Å²) in [5.41, 5.74) is 1.06. The Labute approximate surface area is 120 Å². The summed E-state index contributed by atoms with van der Waals surface area (Å²) in [6.07, 6.45) is 2.44. The van der Waals surface area contributed by atoms with E-state index in [0.717, 1.165) is 30.1 Å². The van der Waals surface area contributed by atoms with Gasteiger partial charge >= 0.3 is 0 Å². The van der Waals surface area contributed by atoms with Crippen LogP contribution in [0, 0.1) is 6.92 Å². The van der Waals surface area contributed by atoms with E-state index in [4.69, 9.17) is 0 Å². The summed E-state index contributed by atoms with van der Waals surface area (Å²) in [5, 5.41) is 4.21. The monoisotopic (exact) mass is 283 g/mol. The van der Waals surface area contributed by atoms with Gasteiger partial charge in [0.25, 0.3) is 0 Å². The first-order chi connectivity index (χ1) is 9.01. The molecule has 0 saturated heterocycles. The van der Waals surface area contributed by atoms with Gasteiger partial charge in [0, 0.05) is 18.3 Å². The minimum atomic E-state index is 0.111. The fraction of sp³-hybridized carbons (Fsp3) is 0.714. The van der Waals surface area contributed by atoms with Crippen LogP contribution >= 0.6 is 11.3 Å². The molecule has 1 unspecified atom stereocenters. The predicted octanol–water partition coefficient (Wildman–Crippen LogP) is 2.53. The van der Waals surface area contributed by atoms with Crippen molar-refractivity contribution < 1.29 is 4.79 Å². The number of thiazole rings is 1. The van der Waals surface area contributed by atoms with Crippen LogP contribution in [0.15, 0.2) is 0 Å². The van der Waals surface area contributed by atoms with E-state index < -0.39 is 0 Å². The van der Waals surface area contributed by atoms with Gasteiger partial charge in [-0.15, -0.1) is 11.3 Å². The van der Waals surface area contributed by atoms with E-state index in [2.05, 4.69) is 24.1 Å². The van der Waals surface area contributed by atoms with Gasteiger partial charge in [-0.1, -0.05) is 6.92 Å². The molecule has 0 spiro atoms. The topological polar surface area (TPSA) is 45.2 Å². The molecule has 1 aromatic heterocycles. The van der Waals surface area contributed by atoms with E-state index in [1.807, 2.05) is 25.9 Å². The molecular weight excluding hydrogens is 258 g/mol. The van der Waals surface area contributed by atoms with Gasteiger partial charge in [0.15, 0.2) is 0 Å². The quantitative estimate of drug-likeness (QED) is 0.782. The summed E-state index contributed by atoms with van der Waals surface area (Å²) in [6, 6.07) is 0.111. The molecular formula is C14H25N3OS. The lowest BCUT2D eigenvalue weighted by Gasteiger charge is -2.24. The summed E-state index contributed by atoms with van der Waals surface area (Å²) in [6.45, 7) is 7.10. The molecule has 0 aliphatic rings. The average Bonchev–Trinajstić information content (AvgIpc) is 2.78. The smallest absolute Gasteiger partial charge is 0.222 e. The lowest BCUT2D eigenvalue weighted by Crippen LogP contribution is -2.30. The van der Waals surface area contributed by atoms with E-state index in [0.29, 0.717) is 6.42 Å². The third-order valence-corrected chi connectivity index (χ3v) is 4.82. The third-order valence-electron chi connectivity index (χ3n) is 3.35. The van der Waals surface area contributed by atoms with Gasteiger partial charge in [-0.25, -0.2) is 4.98 Å². The summed E-state index contributed by atoms with van der Waals surface area (Å²) in [5.74, 6) is 0.202. The molecule has 0 aliphatic heterocycles. The van der Waals surface area contributed by atoms with Crippen LogP contribution in [0.2, 0.25) is 0 Å². The van der Waals surface area contributed by atoms with E-state index in [9.17, 15) is 4.79 Å². The average molecular weight is 283 g/mol. The molecule has 4 nitrogen and oxygen atoms in total. The molecule has 5 heteroatoms. The summed E-state index contributed by atoms with van der Waals surface area (Å²) >= 11 is 1.72. The predicted molar refractivity (Wildman–Crippen MR) is 80.6 cm³/mol. The molecule has 1 atom stereocenters. The zero-order chi connectivity index (χ0) is 14.4. The Bertz CT molecular complexity index is 417. The third kappa shape index (κ3) is 4.28. The highest BCUT2D eigenvalue weighted by Gasteiger charge is 2.21. The summed E-state index contributed by atoms with van der Waals surface area (Å²) < 4.78 is 0. The SMILES string of the molecule is CCc1nc(C)c(C(C)N(C)C(=O)CCCNC)s1. The molecule has 0 aromatic carbocycles. The van der Waals surface area contributed by atoms with Crippen LogP contribution in [0.4, 0.5) is 0 Å². The standard InChI is InChI=1S/C14H25N3OS/c1-6-12-16-10(2)14(19-12)11(3)17(5)13(18)8-7-9-15-4/h11,15H,6-9H2,1-5H3. The Morgan fingerprint density at radius 2 is 2.21 bits per heavy atom. The number of carbonyl (C=O) groups excluding carboxylic acids is 1. The van der Waals surface area contributed by atoms with E-state index in [1.54, 1.807) is 11.3 Å². The molecule has 0 aliphatic carbocycles. The van der Waals surface area contributed by atoms with Gasteiger partial charge in [-0.3, -0.25) is 4.79 Å². The van der Waals surface area contributed by atoms with Crippen molar-refractivity contribution in [3.63, 3.8) is 0 Å². The van der Waals surface area contributed by atoms with Gasteiger partial charge in [0.2, 0.25) is 5.91 Å². The van der Waals surface area contributed by atoms with Crippen molar-refractivity contribution in [3.8, 4) is 0 Å². The molecule has 1 aromatic rings. The number of rotatable bonds is 7. The first-order valence-corrected chi connectivity index (χ1v) is 7.69. The van der Waals surface area contributed by atoms with Crippen molar-refractivity contribution >= 4 is 17.2 Å². The highest BCUT2D eigenvalue weighted by molar-refractivity contribution is 7.11. The van der Waals surface area contributed by atoms with Crippen molar-refractivity contribution in [2.24, 2.45) is 0 Å². The Kier molecular flexibility index (Phi) is 6.45. The van der Waals surface area contributed by atoms with E-state index in [-0.39, 0.29) is 11.9 Å². The molecule has 0 saturated carbocycles. The Morgan fingerprint density at radius 1 is 1.53 bits per heavy atom. The van der Waals surface area contributed by atoms with E-state index in [1.165, 1.54) is 4.88 Å². The number of hydrogen-bond donors (Lipinski definition) is 1. The largest absolute Gasteiger partial charge is 0.338 e. The summed E-state index contributed by atoms with van der Waals surface area (Å²) in [7, 11) is 3.79. The number of aryl methyl sites for hydroxylation is 2. The first kappa shape index (κ1) is 16.1. The number of aromatic nitrogens is 1. The van der Waals surface area contributed by atoms with Crippen molar-refractivity contribution in [2.45, 2.75) is 46.1 Å². The number of nitrogens with zero attached hydrogens (tertiary/aromatic N) is 2. The van der Waals surface area contributed by atoms with E-state index >= 15 is 0 Å². The summed E-state index contributed by atoms with van der Waals surface area (Å²) in [4.78, 5) is 19.7. The maximum atomic E-state index is 12.1. The van der Waals surface area contributed by atoms with Crippen molar-refractivity contribution in [1.29, 1.82) is 0 Å². The van der Waals surface area contributed by atoms with Crippen LogP contribution in [0.5, 0.6) is 0 Å². The fourth-order valence-electron chi connectivity index (χ4n) is 1.99. The second-order valence-corrected chi connectivity index (χ2v) is 5.91. The molecule has 0 bridgehead atoms. The second kappa shape index (κ2) is 7.60. The van der Waals surface area contributed by atoms with Gasteiger partial charge in [-0.2, -0.15) is 0 Å². The Balaban J connectivity index is 2.67. The minimum Gasteiger partial charge on any atom is -0.338 e. The van der Waals surface area contributed by atoms with Crippen molar-refractivity contribution in [1.82, 2.24) is 15.2 Å². The van der Waals surface area contributed by atoms with Gasteiger partial charge < -0.3 is 10.2 Å². The molecule has 0 radical (unpaired) electrons. The molecule has 108 valence electrons. The lowest BCUT2D eigenvalue weighted by atomic mass is 10.2. The minimum absolute atomic E-state index is 0.111. The second-order valence-electron chi connectivity index (χ2n) is 4.80. The lowest BCUT2D eigenvalue weighted by molar-refractivity contribution is -0.131. The Hall–Kier alpha value is -0.940. The number of amides is 1. The highest BCUT2D eigenvalue weighted by atomic mass is 32.1. The molecule has 1 amide bonds. The van der Waals surface area contributed by atoms with Crippen LogP contribution < -0.4 is 5.32 Å².